The first-order valence-corrected chi connectivity index (χ1v) is 9.43. The summed E-state index contributed by atoms with van der Waals surface area (Å²) in [4.78, 5) is 0. The van der Waals surface area contributed by atoms with Crippen molar-refractivity contribution in [3.8, 4) is 6.07 Å². The van der Waals surface area contributed by atoms with E-state index in [-0.39, 0.29) is 30.3 Å². The third kappa shape index (κ3) is 3.36. The van der Waals surface area contributed by atoms with E-state index in [1.54, 1.807) is 24.3 Å². The number of nitrogens with zero attached hydrogens (tertiary/aromatic N) is 2. The zero-order valence-electron chi connectivity index (χ0n) is 10.7. The number of hydrogen-bond donors (Lipinski definition) is 0. The van der Waals surface area contributed by atoms with Gasteiger partial charge in [-0.15, -0.1) is 0 Å². The van der Waals surface area contributed by atoms with Crippen LogP contribution in [-0.2, 0) is 25.6 Å². The van der Waals surface area contributed by atoms with Gasteiger partial charge in [-0.1, -0.05) is 18.2 Å². The van der Waals surface area contributed by atoms with Crippen LogP contribution in [0.3, 0.4) is 0 Å². The third-order valence-corrected chi connectivity index (χ3v) is 6.61. The molecule has 1 aromatic carbocycles. The molecule has 0 spiro atoms. The Morgan fingerprint density at radius 1 is 1.20 bits per heavy atom. The zero-order valence-corrected chi connectivity index (χ0v) is 12.3. The maximum Gasteiger partial charge on any atom is 0.218 e. The first kappa shape index (κ1) is 15.0. The molecule has 2 rings (SSSR count). The number of sulfonamides is 1. The summed E-state index contributed by atoms with van der Waals surface area (Å²) in [7, 11) is -6.72. The second-order valence-corrected chi connectivity index (χ2v) is 8.85. The molecule has 108 valence electrons. The lowest BCUT2D eigenvalue weighted by molar-refractivity contribution is 0.430. The zero-order chi connectivity index (χ0) is 14.8. The van der Waals surface area contributed by atoms with Crippen molar-refractivity contribution >= 4 is 19.9 Å². The van der Waals surface area contributed by atoms with Crippen molar-refractivity contribution in [2.75, 3.05) is 24.6 Å². The average molecular weight is 314 g/mol. The van der Waals surface area contributed by atoms with Gasteiger partial charge in [0.15, 0.2) is 9.84 Å². The van der Waals surface area contributed by atoms with Crippen molar-refractivity contribution in [3.05, 3.63) is 35.4 Å². The van der Waals surface area contributed by atoms with Crippen LogP contribution in [0.4, 0.5) is 0 Å². The van der Waals surface area contributed by atoms with E-state index in [4.69, 9.17) is 5.26 Å². The van der Waals surface area contributed by atoms with Gasteiger partial charge < -0.3 is 0 Å². The van der Waals surface area contributed by atoms with Crippen molar-refractivity contribution in [2.45, 2.75) is 5.75 Å². The molecule has 1 aromatic rings. The molecule has 0 bridgehead atoms. The third-order valence-electron chi connectivity index (χ3n) is 3.17. The van der Waals surface area contributed by atoms with E-state index in [0.29, 0.717) is 11.1 Å². The standard InChI is InChI=1S/C12H14N2O4S2/c13-9-11-3-1-2-4-12(11)10-20(17,18)14-5-7-19(15,16)8-6-14/h1-4H,5-8,10H2. The van der Waals surface area contributed by atoms with Crippen molar-refractivity contribution in [1.29, 1.82) is 5.26 Å². The molecule has 0 unspecified atom stereocenters. The lowest BCUT2D eigenvalue weighted by Gasteiger charge is -2.26. The summed E-state index contributed by atoms with van der Waals surface area (Å²) in [6.07, 6.45) is 0. The molecule has 0 aromatic heterocycles. The molecule has 1 aliphatic heterocycles. The van der Waals surface area contributed by atoms with Gasteiger partial charge in [-0.2, -0.15) is 9.57 Å². The van der Waals surface area contributed by atoms with Crippen molar-refractivity contribution < 1.29 is 16.8 Å². The first-order chi connectivity index (χ1) is 9.34. The van der Waals surface area contributed by atoms with E-state index in [2.05, 4.69) is 0 Å². The van der Waals surface area contributed by atoms with E-state index in [1.165, 1.54) is 4.31 Å². The summed E-state index contributed by atoms with van der Waals surface area (Å²) in [6.45, 7) is -0.0290. The molecule has 0 aliphatic carbocycles. The largest absolute Gasteiger partial charge is 0.229 e. The molecule has 1 fully saturated rings. The monoisotopic (exact) mass is 314 g/mol. The summed E-state index contributed by atoms with van der Waals surface area (Å²) in [5, 5.41) is 8.96. The molecular weight excluding hydrogens is 300 g/mol. The van der Waals surface area contributed by atoms with E-state index in [9.17, 15) is 16.8 Å². The van der Waals surface area contributed by atoms with Gasteiger partial charge in [-0.25, -0.2) is 16.8 Å². The topological polar surface area (TPSA) is 95.3 Å². The highest BCUT2D eigenvalue weighted by molar-refractivity contribution is 7.92. The molecule has 0 atom stereocenters. The normalized spacial score (nSPS) is 19.4. The second kappa shape index (κ2) is 5.52. The maximum atomic E-state index is 12.3. The number of hydrogen-bond acceptors (Lipinski definition) is 5. The van der Waals surface area contributed by atoms with Crippen molar-refractivity contribution in [3.63, 3.8) is 0 Å². The summed E-state index contributed by atoms with van der Waals surface area (Å²) >= 11 is 0. The fourth-order valence-electron chi connectivity index (χ4n) is 2.02. The van der Waals surface area contributed by atoms with Gasteiger partial charge in [-0.05, 0) is 11.6 Å². The molecule has 0 N–H and O–H groups in total. The SMILES string of the molecule is N#Cc1ccccc1CS(=O)(=O)N1CCS(=O)(=O)CC1. The summed E-state index contributed by atoms with van der Waals surface area (Å²) < 4.78 is 48.3. The molecule has 0 amide bonds. The lowest BCUT2D eigenvalue weighted by Crippen LogP contribution is -2.44. The van der Waals surface area contributed by atoms with Crippen LogP contribution in [0.25, 0.3) is 0 Å². The van der Waals surface area contributed by atoms with Gasteiger partial charge in [0.1, 0.15) is 0 Å². The fourth-order valence-corrected chi connectivity index (χ4v) is 5.02. The van der Waals surface area contributed by atoms with E-state index < -0.39 is 19.9 Å². The summed E-state index contributed by atoms with van der Waals surface area (Å²) in [6, 6.07) is 8.45. The molecule has 0 radical (unpaired) electrons. The average Bonchev–Trinajstić information content (AvgIpc) is 2.38. The Labute approximate surface area is 118 Å². The van der Waals surface area contributed by atoms with Gasteiger partial charge in [0.25, 0.3) is 0 Å². The van der Waals surface area contributed by atoms with Crippen molar-refractivity contribution in [2.24, 2.45) is 0 Å². The maximum absolute atomic E-state index is 12.3. The van der Waals surface area contributed by atoms with E-state index in [1.807, 2.05) is 6.07 Å². The van der Waals surface area contributed by atoms with Gasteiger partial charge in [-0.3, -0.25) is 0 Å². The van der Waals surface area contributed by atoms with Crippen molar-refractivity contribution in [1.82, 2.24) is 4.31 Å². The summed E-state index contributed by atoms with van der Waals surface area (Å²) in [5.74, 6) is -0.574. The van der Waals surface area contributed by atoms with Crippen LogP contribution in [0.2, 0.25) is 0 Å². The molecule has 20 heavy (non-hydrogen) atoms. The Bertz CT molecular complexity index is 734. The molecule has 8 heteroatoms. The Balaban J connectivity index is 2.18. The summed E-state index contributed by atoms with van der Waals surface area (Å²) in [5.41, 5.74) is 0.754. The Morgan fingerprint density at radius 3 is 2.40 bits per heavy atom. The molecular formula is C12H14N2O4S2. The predicted molar refractivity (Wildman–Crippen MR) is 74.0 cm³/mol. The van der Waals surface area contributed by atoms with Gasteiger partial charge in [0.05, 0.1) is 28.9 Å². The number of rotatable bonds is 3. The van der Waals surface area contributed by atoms with E-state index in [0.717, 1.165) is 0 Å². The van der Waals surface area contributed by atoms with Crippen LogP contribution in [-0.4, -0.2) is 45.7 Å². The van der Waals surface area contributed by atoms with Crippen LogP contribution < -0.4 is 0 Å². The lowest BCUT2D eigenvalue weighted by atomic mass is 10.1. The Morgan fingerprint density at radius 2 is 1.80 bits per heavy atom. The number of sulfone groups is 1. The Hall–Kier alpha value is -1.43. The minimum absolute atomic E-state index is 0.0145. The van der Waals surface area contributed by atoms with Gasteiger partial charge >= 0.3 is 0 Å². The van der Waals surface area contributed by atoms with E-state index >= 15 is 0 Å². The number of nitriles is 1. The predicted octanol–water partition coefficient (Wildman–Crippen LogP) is 0.118. The van der Waals surface area contributed by atoms with Crippen LogP contribution in [0, 0.1) is 11.3 Å². The highest BCUT2D eigenvalue weighted by Crippen LogP contribution is 2.17. The number of benzene rings is 1. The molecule has 1 heterocycles. The molecule has 6 nitrogen and oxygen atoms in total. The van der Waals surface area contributed by atoms with Crippen LogP contribution in [0.1, 0.15) is 11.1 Å². The van der Waals surface area contributed by atoms with Crippen LogP contribution in [0.5, 0.6) is 0 Å². The smallest absolute Gasteiger partial charge is 0.218 e. The fraction of sp³-hybridized carbons (Fsp3) is 0.417. The quantitative estimate of drug-likeness (QED) is 0.789. The minimum Gasteiger partial charge on any atom is -0.229 e. The minimum atomic E-state index is -3.60. The van der Waals surface area contributed by atoms with Gasteiger partial charge in [0.2, 0.25) is 10.0 Å². The molecule has 1 saturated heterocycles. The molecule has 0 saturated carbocycles. The Kier molecular flexibility index (Phi) is 4.13. The molecule has 1 aliphatic rings. The first-order valence-electron chi connectivity index (χ1n) is 6.00. The second-order valence-electron chi connectivity index (χ2n) is 4.58. The van der Waals surface area contributed by atoms with Crippen LogP contribution >= 0.6 is 0 Å². The highest BCUT2D eigenvalue weighted by atomic mass is 32.2. The van der Waals surface area contributed by atoms with Gasteiger partial charge in [0, 0.05) is 13.1 Å². The highest BCUT2D eigenvalue weighted by Gasteiger charge is 2.30. The van der Waals surface area contributed by atoms with Crippen LogP contribution in [0.15, 0.2) is 24.3 Å².